The number of para-hydroxylation sites is 1. The number of nitrogens with zero attached hydrogens (tertiary/aromatic N) is 3. The zero-order valence-electron chi connectivity index (χ0n) is 16.0. The quantitative estimate of drug-likeness (QED) is 0.741. The molecule has 1 N–H and O–H groups in total. The fraction of sp³-hybridized carbons (Fsp3) is 0.273. The highest BCUT2D eigenvalue weighted by atomic mass is 16.2. The van der Waals surface area contributed by atoms with Crippen LogP contribution < -0.4 is 5.32 Å². The van der Waals surface area contributed by atoms with Crippen LogP contribution in [0.2, 0.25) is 0 Å². The van der Waals surface area contributed by atoms with Gasteiger partial charge in [0.15, 0.2) is 0 Å². The van der Waals surface area contributed by atoms with Crippen LogP contribution in [0.15, 0.2) is 48.7 Å². The van der Waals surface area contributed by atoms with E-state index in [0.29, 0.717) is 17.3 Å². The summed E-state index contributed by atoms with van der Waals surface area (Å²) in [6.45, 7) is 1.88. The molecule has 6 heteroatoms. The van der Waals surface area contributed by atoms with Gasteiger partial charge in [0.25, 0.3) is 5.91 Å². The van der Waals surface area contributed by atoms with Gasteiger partial charge in [-0.25, -0.2) is 4.98 Å². The van der Waals surface area contributed by atoms with Gasteiger partial charge in [-0.05, 0) is 49.6 Å². The average molecular weight is 374 g/mol. The van der Waals surface area contributed by atoms with Crippen molar-refractivity contribution in [2.45, 2.75) is 25.7 Å². The van der Waals surface area contributed by atoms with E-state index in [9.17, 15) is 9.59 Å². The summed E-state index contributed by atoms with van der Waals surface area (Å²) in [4.78, 5) is 35.7. The predicted molar refractivity (Wildman–Crippen MR) is 108 cm³/mol. The number of rotatable bonds is 5. The maximum Gasteiger partial charge on any atom is 0.254 e. The minimum Gasteiger partial charge on any atom is -0.332 e. The van der Waals surface area contributed by atoms with Crippen molar-refractivity contribution in [3.05, 3.63) is 65.5 Å². The van der Waals surface area contributed by atoms with Gasteiger partial charge in [0.1, 0.15) is 5.82 Å². The Kier molecular flexibility index (Phi) is 4.77. The number of fused-ring (bicyclic) bond motifs is 1. The predicted octanol–water partition coefficient (Wildman–Crippen LogP) is 3.53. The topological polar surface area (TPSA) is 75.2 Å². The standard InChI is InChI=1S/C22H22N4O2/c1-14-9-10-23-20(11-14)25-21(27)13-26(2)22(28)17-12-19(15-7-8-15)24-18-6-4-3-5-16(17)18/h3-6,9-12,15H,7-8,13H2,1-2H3,(H,23,25,27). The minimum absolute atomic E-state index is 0.0517. The first-order chi connectivity index (χ1) is 13.5. The summed E-state index contributed by atoms with van der Waals surface area (Å²) >= 11 is 0. The number of likely N-dealkylation sites (N-methyl/N-ethyl adjacent to an activating group) is 1. The number of anilines is 1. The molecule has 6 nitrogen and oxygen atoms in total. The summed E-state index contributed by atoms with van der Waals surface area (Å²) in [6, 6.07) is 13.2. The van der Waals surface area contributed by atoms with Crippen molar-refractivity contribution in [3.8, 4) is 0 Å². The fourth-order valence-corrected chi connectivity index (χ4v) is 3.24. The largest absolute Gasteiger partial charge is 0.332 e. The van der Waals surface area contributed by atoms with Crippen LogP contribution in [0.1, 0.15) is 40.4 Å². The number of hydrogen-bond donors (Lipinski definition) is 1. The van der Waals surface area contributed by atoms with Crippen molar-refractivity contribution in [3.63, 3.8) is 0 Å². The molecule has 0 saturated heterocycles. The zero-order chi connectivity index (χ0) is 19.7. The molecular weight excluding hydrogens is 352 g/mol. The molecule has 3 aromatic rings. The Balaban J connectivity index is 1.54. The third-order valence-corrected chi connectivity index (χ3v) is 4.87. The van der Waals surface area contributed by atoms with Gasteiger partial charge < -0.3 is 10.2 Å². The van der Waals surface area contributed by atoms with E-state index < -0.39 is 0 Å². The van der Waals surface area contributed by atoms with Crippen LogP contribution in [0.5, 0.6) is 0 Å². The second-order valence-corrected chi connectivity index (χ2v) is 7.31. The molecule has 28 heavy (non-hydrogen) atoms. The normalized spacial score (nSPS) is 13.4. The molecule has 1 saturated carbocycles. The summed E-state index contributed by atoms with van der Waals surface area (Å²) in [7, 11) is 1.64. The van der Waals surface area contributed by atoms with Gasteiger partial charge >= 0.3 is 0 Å². The van der Waals surface area contributed by atoms with Crippen molar-refractivity contribution in [1.29, 1.82) is 0 Å². The van der Waals surface area contributed by atoms with E-state index in [0.717, 1.165) is 35.0 Å². The number of pyridine rings is 2. The van der Waals surface area contributed by atoms with E-state index >= 15 is 0 Å². The molecule has 1 aliphatic rings. The van der Waals surface area contributed by atoms with Crippen molar-refractivity contribution in [2.75, 3.05) is 18.9 Å². The summed E-state index contributed by atoms with van der Waals surface area (Å²) in [6.07, 6.45) is 3.86. The second kappa shape index (κ2) is 7.38. The molecule has 0 spiro atoms. The second-order valence-electron chi connectivity index (χ2n) is 7.31. The summed E-state index contributed by atoms with van der Waals surface area (Å²) in [5.74, 6) is 0.455. The lowest BCUT2D eigenvalue weighted by Crippen LogP contribution is -2.35. The number of benzene rings is 1. The van der Waals surface area contributed by atoms with Gasteiger partial charge in [-0.2, -0.15) is 0 Å². The first-order valence-corrected chi connectivity index (χ1v) is 9.39. The molecular formula is C22H22N4O2. The van der Waals surface area contributed by atoms with E-state index in [2.05, 4.69) is 10.3 Å². The molecule has 2 amide bonds. The number of aromatic nitrogens is 2. The third kappa shape index (κ3) is 3.86. The van der Waals surface area contributed by atoms with Crippen LogP contribution in [-0.4, -0.2) is 40.3 Å². The van der Waals surface area contributed by atoms with Gasteiger partial charge in [0.2, 0.25) is 5.91 Å². The number of amides is 2. The van der Waals surface area contributed by atoms with Gasteiger partial charge in [-0.1, -0.05) is 18.2 Å². The smallest absolute Gasteiger partial charge is 0.254 e. The first-order valence-electron chi connectivity index (χ1n) is 9.39. The number of nitrogens with one attached hydrogen (secondary N) is 1. The Morgan fingerprint density at radius 3 is 2.71 bits per heavy atom. The minimum atomic E-state index is -0.283. The molecule has 0 unspecified atom stereocenters. The lowest BCUT2D eigenvalue weighted by atomic mass is 10.0. The van der Waals surface area contributed by atoms with Gasteiger partial charge in [0, 0.05) is 30.2 Å². The van der Waals surface area contributed by atoms with E-state index in [-0.39, 0.29) is 18.4 Å². The van der Waals surface area contributed by atoms with Crippen LogP contribution in [0.4, 0.5) is 5.82 Å². The van der Waals surface area contributed by atoms with Gasteiger partial charge in [-0.15, -0.1) is 0 Å². The Labute approximate surface area is 163 Å². The van der Waals surface area contributed by atoms with E-state index in [1.165, 1.54) is 4.90 Å². The zero-order valence-corrected chi connectivity index (χ0v) is 16.0. The molecule has 0 aliphatic heterocycles. The van der Waals surface area contributed by atoms with Gasteiger partial charge in [-0.3, -0.25) is 14.6 Å². The molecule has 1 fully saturated rings. The van der Waals surface area contributed by atoms with Crippen LogP contribution in [0.3, 0.4) is 0 Å². The first kappa shape index (κ1) is 18.1. The van der Waals surface area contributed by atoms with Crippen LogP contribution in [0.25, 0.3) is 10.9 Å². The van der Waals surface area contributed by atoms with Crippen molar-refractivity contribution in [1.82, 2.24) is 14.9 Å². The maximum atomic E-state index is 13.1. The summed E-state index contributed by atoms with van der Waals surface area (Å²) in [5, 5.41) is 3.55. The molecule has 1 aliphatic carbocycles. The molecule has 0 atom stereocenters. The van der Waals surface area contributed by atoms with Crippen LogP contribution >= 0.6 is 0 Å². The Hall–Kier alpha value is -3.28. The van der Waals surface area contributed by atoms with Gasteiger partial charge in [0.05, 0.1) is 17.6 Å². The van der Waals surface area contributed by atoms with Crippen molar-refractivity contribution < 1.29 is 9.59 Å². The molecule has 0 bridgehead atoms. The van der Waals surface area contributed by atoms with Crippen molar-refractivity contribution >= 4 is 28.5 Å². The van der Waals surface area contributed by atoms with E-state index in [1.807, 2.05) is 43.3 Å². The fourth-order valence-electron chi connectivity index (χ4n) is 3.24. The van der Waals surface area contributed by atoms with E-state index in [1.54, 1.807) is 19.3 Å². The Bertz CT molecular complexity index is 1060. The highest BCUT2D eigenvalue weighted by Crippen LogP contribution is 2.40. The lowest BCUT2D eigenvalue weighted by molar-refractivity contribution is -0.116. The molecule has 4 rings (SSSR count). The Morgan fingerprint density at radius 2 is 1.96 bits per heavy atom. The highest BCUT2D eigenvalue weighted by molar-refractivity contribution is 6.07. The van der Waals surface area contributed by atoms with E-state index in [4.69, 9.17) is 4.98 Å². The average Bonchev–Trinajstić information content (AvgIpc) is 3.51. The molecule has 1 aromatic carbocycles. The SMILES string of the molecule is Cc1ccnc(NC(=O)CN(C)C(=O)c2cc(C3CC3)nc3ccccc23)c1. The number of carbonyl (C=O) groups is 2. The lowest BCUT2D eigenvalue weighted by Gasteiger charge is -2.18. The van der Waals surface area contributed by atoms with Crippen LogP contribution in [-0.2, 0) is 4.79 Å². The van der Waals surface area contributed by atoms with Crippen LogP contribution in [0, 0.1) is 6.92 Å². The number of carbonyl (C=O) groups excluding carboxylic acids is 2. The molecule has 142 valence electrons. The molecule has 2 aromatic heterocycles. The van der Waals surface area contributed by atoms with Crippen molar-refractivity contribution in [2.24, 2.45) is 0 Å². The molecule has 2 heterocycles. The highest BCUT2D eigenvalue weighted by Gasteiger charge is 2.27. The summed E-state index contributed by atoms with van der Waals surface area (Å²) < 4.78 is 0. The monoisotopic (exact) mass is 374 g/mol. The third-order valence-electron chi connectivity index (χ3n) is 4.87. The summed E-state index contributed by atoms with van der Waals surface area (Å²) in [5.41, 5.74) is 3.38. The number of hydrogen-bond acceptors (Lipinski definition) is 4. The Morgan fingerprint density at radius 1 is 1.18 bits per heavy atom. The maximum absolute atomic E-state index is 13.1. The molecule has 0 radical (unpaired) electrons. The number of aryl methyl sites for hydroxylation is 1.